The number of ether oxygens (including phenoxy) is 1. The number of nitrogens with one attached hydrogen (secondary N) is 2. The zero-order chi connectivity index (χ0) is 16.1. The van der Waals surface area contributed by atoms with Gasteiger partial charge in [-0.3, -0.25) is 9.59 Å². The van der Waals surface area contributed by atoms with Crippen molar-refractivity contribution in [1.29, 1.82) is 0 Å². The molecule has 0 saturated carbocycles. The Morgan fingerprint density at radius 3 is 2.57 bits per heavy atom. The first-order valence-corrected chi connectivity index (χ1v) is 7.55. The third-order valence-corrected chi connectivity index (χ3v) is 3.79. The highest BCUT2D eigenvalue weighted by molar-refractivity contribution is 5.96. The van der Waals surface area contributed by atoms with Crippen LogP contribution in [0, 0.1) is 0 Å². The van der Waals surface area contributed by atoms with Crippen LogP contribution in [0.15, 0.2) is 54.6 Å². The molecular weight excluding hydrogens is 292 g/mol. The molecule has 1 atom stereocenters. The topological polar surface area (TPSA) is 67.4 Å². The lowest BCUT2D eigenvalue weighted by molar-refractivity contribution is -0.120. The minimum Gasteiger partial charge on any atom is -0.493 e. The van der Waals surface area contributed by atoms with Crippen LogP contribution >= 0.6 is 0 Å². The Hall–Kier alpha value is -2.82. The van der Waals surface area contributed by atoms with E-state index >= 15 is 0 Å². The van der Waals surface area contributed by atoms with Crippen LogP contribution in [0.5, 0.6) is 5.75 Å². The van der Waals surface area contributed by atoms with E-state index < -0.39 is 0 Å². The van der Waals surface area contributed by atoms with Crippen LogP contribution in [0.3, 0.4) is 0 Å². The van der Waals surface area contributed by atoms with Crippen molar-refractivity contribution in [3.8, 4) is 5.75 Å². The lowest BCUT2D eigenvalue weighted by Gasteiger charge is -2.11. The first kappa shape index (κ1) is 15.1. The molecule has 2 N–H and O–H groups in total. The largest absolute Gasteiger partial charge is 0.493 e. The first-order valence-electron chi connectivity index (χ1n) is 7.55. The van der Waals surface area contributed by atoms with Gasteiger partial charge in [-0.1, -0.05) is 36.4 Å². The Morgan fingerprint density at radius 2 is 1.74 bits per heavy atom. The standard InChI is InChI=1S/C18H18N2O3/c21-17(11-20-18(22)13-6-2-1-3-7-13)19-10-14-12-23-16-9-5-4-8-15(14)16/h1-9,14H,10-12H2,(H,19,21)(H,20,22). The Kier molecular flexibility index (Phi) is 4.57. The number of para-hydroxylation sites is 1. The van der Waals surface area contributed by atoms with Gasteiger partial charge in [-0.25, -0.2) is 0 Å². The molecule has 0 aliphatic carbocycles. The fourth-order valence-corrected chi connectivity index (χ4v) is 2.55. The Labute approximate surface area is 134 Å². The van der Waals surface area contributed by atoms with Gasteiger partial charge in [-0.2, -0.15) is 0 Å². The molecule has 5 heteroatoms. The predicted octanol–water partition coefficient (Wildman–Crippen LogP) is 1.71. The lowest BCUT2D eigenvalue weighted by atomic mass is 10.0. The molecule has 1 unspecified atom stereocenters. The number of amides is 2. The lowest BCUT2D eigenvalue weighted by Crippen LogP contribution is -2.38. The van der Waals surface area contributed by atoms with Gasteiger partial charge < -0.3 is 15.4 Å². The average molecular weight is 310 g/mol. The highest BCUT2D eigenvalue weighted by Gasteiger charge is 2.23. The van der Waals surface area contributed by atoms with Crippen molar-refractivity contribution >= 4 is 11.8 Å². The van der Waals surface area contributed by atoms with Gasteiger partial charge in [0.05, 0.1) is 13.2 Å². The molecule has 0 spiro atoms. The monoisotopic (exact) mass is 310 g/mol. The molecule has 0 fully saturated rings. The maximum absolute atomic E-state index is 11.9. The van der Waals surface area contributed by atoms with Gasteiger partial charge in [0.2, 0.25) is 5.91 Å². The summed E-state index contributed by atoms with van der Waals surface area (Å²) in [7, 11) is 0. The van der Waals surface area contributed by atoms with Crippen molar-refractivity contribution in [3.05, 3.63) is 65.7 Å². The summed E-state index contributed by atoms with van der Waals surface area (Å²) in [6.07, 6.45) is 0. The molecule has 118 valence electrons. The molecule has 1 aliphatic heterocycles. The van der Waals surface area contributed by atoms with E-state index in [4.69, 9.17) is 4.74 Å². The molecule has 1 heterocycles. The molecule has 1 aliphatic rings. The van der Waals surface area contributed by atoms with E-state index in [0.29, 0.717) is 18.7 Å². The maximum Gasteiger partial charge on any atom is 0.251 e. The maximum atomic E-state index is 11.9. The summed E-state index contributed by atoms with van der Waals surface area (Å²) in [5.41, 5.74) is 1.65. The van der Waals surface area contributed by atoms with E-state index in [-0.39, 0.29) is 24.3 Å². The van der Waals surface area contributed by atoms with Crippen LogP contribution in [0.4, 0.5) is 0 Å². The predicted molar refractivity (Wildman–Crippen MR) is 86.5 cm³/mol. The van der Waals surface area contributed by atoms with Gasteiger partial charge in [-0.05, 0) is 18.2 Å². The number of fused-ring (bicyclic) bond motifs is 1. The third kappa shape index (κ3) is 3.69. The van der Waals surface area contributed by atoms with Crippen LogP contribution in [-0.2, 0) is 4.79 Å². The summed E-state index contributed by atoms with van der Waals surface area (Å²) in [5.74, 6) is 0.568. The molecule has 2 amide bonds. The second-order valence-corrected chi connectivity index (χ2v) is 5.40. The van der Waals surface area contributed by atoms with E-state index in [2.05, 4.69) is 10.6 Å². The van der Waals surface area contributed by atoms with E-state index in [1.807, 2.05) is 30.3 Å². The van der Waals surface area contributed by atoms with Crippen molar-refractivity contribution in [2.24, 2.45) is 0 Å². The van der Waals surface area contributed by atoms with Crippen LogP contribution < -0.4 is 15.4 Å². The number of rotatable bonds is 5. The Balaban J connectivity index is 1.45. The molecule has 0 saturated heterocycles. The van der Waals surface area contributed by atoms with Crippen LogP contribution in [-0.4, -0.2) is 31.5 Å². The molecule has 0 bridgehead atoms. The van der Waals surface area contributed by atoms with Crippen LogP contribution in [0.25, 0.3) is 0 Å². The smallest absolute Gasteiger partial charge is 0.251 e. The van der Waals surface area contributed by atoms with E-state index in [0.717, 1.165) is 11.3 Å². The number of carbonyl (C=O) groups is 2. The van der Waals surface area contributed by atoms with E-state index in [1.54, 1.807) is 24.3 Å². The molecular formula is C18H18N2O3. The zero-order valence-corrected chi connectivity index (χ0v) is 12.6. The first-order chi connectivity index (χ1) is 11.2. The molecule has 2 aromatic carbocycles. The normalized spacial score (nSPS) is 15.4. The highest BCUT2D eigenvalue weighted by atomic mass is 16.5. The highest BCUT2D eigenvalue weighted by Crippen LogP contribution is 2.32. The zero-order valence-electron chi connectivity index (χ0n) is 12.6. The summed E-state index contributed by atoms with van der Waals surface area (Å²) in [4.78, 5) is 23.7. The number of hydrogen-bond donors (Lipinski definition) is 2. The van der Waals surface area contributed by atoms with Crippen molar-refractivity contribution in [3.63, 3.8) is 0 Å². The van der Waals surface area contributed by atoms with Gasteiger partial charge in [0.1, 0.15) is 5.75 Å². The van der Waals surface area contributed by atoms with Gasteiger partial charge in [-0.15, -0.1) is 0 Å². The molecule has 3 rings (SSSR count). The second-order valence-electron chi connectivity index (χ2n) is 5.40. The van der Waals surface area contributed by atoms with Crippen LogP contribution in [0.2, 0.25) is 0 Å². The van der Waals surface area contributed by atoms with Gasteiger partial charge in [0, 0.05) is 23.6 Å². The van der Waals surface area contributed by atoms with Crippen molar-refractivity contribution in [2.75, 3.05) is 19.7 Å². The molecule has 23 heavy (non-hydrogen) atoms. The molecule has 5 nitrogen and oxygen atoms in total. The fraction of sp³-hybridized carbons (Fsp3) is 0.222. The summed E-state index contributed by atoms with van der Waals surface area (Å²) in [5, 5.41) is 5.45. The quantitative estimate of drug-likeness (QED) is 0.883. The number of benzene rings is 2. The average Bonchev–Trinajstić information content (AvgIpc) is 3.02. The minimum atomic E-state index is -0.254. The summed E-state index contributed by atoms with van der Waals surface area (Å²) >= 11 is 0. The van der Waals surface area contributed by atoms with Crippen molar-refractivity contribution < 1.29 is 14.3 Å². The van der Waals surface area contributed by atoms with E-state index in [1.165, 1.54) is 0 Å². The van der Waals surface area contributed by atoms with Crippen molar-refractivity contribution in [1.82, 2.24) is 10.6 Å². The Morgan fingerprint density at radius 1 is 1.00 bits per heavy atom. The molecule has 2 aromatic rings. The summed E-state index contributed by atoms with van der Waals surface area (Å²) in [6, 6.07) is 16.7. The van der Waals surface area contributed by atoms with Crippen molar-refractivity contribution in [2.45, 2.75) is 5.92 Å². The number of carbonyl (C=O) groups excluding carboxylic acids is 2. The number of hydrogen-bond acceptors (Lipinski definition) is 3. The fourth-order valence-electron chi connectivity index (χ4n) is 2.55. The van der Waals surface area contributed by atoms with Gasteiger partial charge in [0.25, 0.3) is 5.91 Å². The minimum absolute atomic E-state index is 0.0387. The Bertz CT molecular complexity index is 700. The molecule has 0 aromatic heterocycles. The summed E-state index contributed by atoms with van der Waals surface area (Å²) in [6.45, 7) is 1.02. The molecule has 0 radical (unpaired) electrons. The van der Waals surface area contributed by atoms with Crippen LogP contribution in [0.1, 0.15) is 21.8 Å². The van der Waals surface area contributed by atoms with Gasteiger partial charge in [0.15, 0.2) is 0 Å². The van der Waals surface area contributed by atoms with Gasteiger partial charge >= 0.3 is 0 Å². The second kappa shape index (κ2) is 6.96. The SMILES string of the molecule is O=C(CNC(=O)c1ccccc1)NCC1COc2ccccc21. The van der Waals surface area contributed by atoms with E-state index in [9.17, 15) is 9.59 Å². The summed E-state index contributed by atoms with van der Waals surface area (Å²) < 4.78 is 5.58. The third-order valence-electron chi connectivity index (χ3n) is 3.79.